The van der Waals surface area contributed by atoms with E-state index in [0.29, 0.717) is 6.04 Å². The molecule has 1 aliphatic carbocycles. The summed E-state index contributed by atoms with van der Waals surface area (Å²) in [4.78, 5) is 4.89. The normalized spacial score (nSPS) is 23.7. The monoisotopic (exact) mass is 273 g/mol. The summed E-state index contributed by atoms with van der Waals surface area (Å²) in [7, 11) is 4.25. The number of fused-ring (bicyclic) bond motifs is 1. The molecule has 0 aromatic heterocycles. The minimum absolute atomic E-state index is 0.440. The minimum Gasteiger partial charge on any atom is -0.329 e. The highest BCUT2D eigenvalue weighted by molar-refractivity contribution is 5.38. The first-order valence-corrected chi connectivity index (χ1v) is 7.91. The molecule has 2 N–H and O–H groups in total. The molecule has 1 aromatic rings. The van der Waals surface area contributed by atoms with E-state index in [1.165, 1.54) is 42.4 Å². The van der Waals surface area contributed by atoms with E-state index in [0.717, 1.165) is 25.7 Å². The lowest BCUT2D eigenvalue weighted by atomic mass is 10.0. The smallest absolute Gasteiger partial charge is 0.0480 e. The van der Waals surface area contributed by atoms with Crippen LogP contribution in [-0.4, -0.2) is 36.5 Å². The van der Waals surface area contributed by atoms with Crippen LogP contribution < -0.4 is 5.73 Å². The maximum absolute atomic E-state index is 6.11. The summed E-state index contributed by atoms with van der Waals surface area (Å²) < 4.78 is 0. The largest absolute Gasteiger partial charge is 0.329 e. The van der Waals surface area contributed by atoms with Gasteiger partial charge < -0.3 is 10.6 Å². The molecule has 20 heavy (non-hydrogen) atoms. The Hall–Kier alpha value is -0.900. The molecule has 1 aliphatic heterocycles. The van der Waals surface area contributed by atoms with Crippen LogP contribution in [0.25, 0.3) is 0 Å². The average Bonchev–Trinajstić information content (AvgIpc) is 3.04. The zero-order valence-corrected chi connectivity index (χ0v) is 12.8. The van der Waals surface area contributed by atoms with Crippen molar-refractivity contribution in [1.82, 2.24) is 9.80 Å². The molecule has 1 saturated carbocycles. The molecular weight excluding hydrogens is 246 g/mol. The molecule has 3 rings (SSSR count). The molecule has 3 heteroatoms. The van der Waals surface area contributed by atoms with E-state index in [-0.39, 0.29) is 0 Å². The van der Waals surface area contributed by atoms with Crippen molar-refractivity contribution in [3.63, 3.8) is 0 Å². The van der Waals surface area contributed by atoms with Crippen molar-refractivity contribution < 1.29 is 0 Å². The topological polar surface area (TPSA) is 32.5 Å². The summed E-state index contributed by atoms with van der Waals surface area (Å²) in [6.45, 7) is 2.85. The van der Waals surface area contributed by atoms with E-state index in [9.17, 15) is 0 Å². The molecule has 0 radical (unpaired) electrons. The third kappa shape index (κ3) is 2.62. The van der Waals surface area contributed by atoms with E-state index in [4.69, 9.17) is 5.73 Å². The predicted octanol–water partition coefficient (Wildman–Crippen LogP) is 2.51. The van der Waals surface area contributed by atoms with Gasteiger partial charge in [0, 0.05) is 31.7 Å². The summed E-state index contributed by atoms with van der Waals surface area (Å²) >= 11 is 0. The molecule has 1 heterocycles. The van der Waals surface area contributed by atoms with Crippen LogP contribution in [-0.2, 0) is 13.1 Å². The van der Waals surface area contributed by atoms with Gasteiger partial charge in [-0.25, -0.2) is 0 Å². The molecule has 1 aromatic carbocycles. The molecule has 2 aliphatic rings. The summed E-state index contributed by atoms with van der Waals surface area (Å²) in [5.41, 5.74) is 10.5. The molecule has 0 amide bonds. The number of benzene rings is 1. The van der Waals surface area contributed by atoms with Gasteiger partial charge in [-0.1, -0.05) is 31.0 Å². The first-order valence-electron chi connectivity index (χ1n) is 7.91. The van der Waals surface area contributed by atoms with Crippen LogP contribution in [0.5, 0.6) is 0 Å². The van der Waals surface area contributed by atoms with Crippen molar-refractivity contribution in [3.8, 4) is 0 Å². The van der Waals surface area contributed by atoms with Gasteiger partial charge in [0.15, 0.2) is 0 Å². The van der Waals surface area contributed by atoms with Crippen molar-refractivity contribution in [2.45, 2.75) is 50.9 Å². The summed E-state index contributed by atoms with van der Waals surface area (Å²) in [6, 6.07) is 8.20. The predicted molar refractivity (Wildman–Crippen MR) is 83.4 cm³/mol. The Morgan fingerprint density at radius 3 is 2.65 bits per heavy atom. The Morgan fingerprint density at radius 1 is 1.25 bits per heavy atom. The number of hydrogen-bond donors (Lipinski definition) is 1. The molecule has 0 spiro atoms. The fourth-order valence-electron chi connectivity index (χ4n) is 3.93. The second-order valence-corrected chi connectivity index (χ2v) is 6.63. The zero-order valence-electron chi connectivity index (χ0n) is 12.8. The maximum atomic E-state index is 6.11. The summed E-state index contributed by atoms with van der Waals surface area (Å²) in [6.07, 6.45) is 5.49. The molecule has 0 bridgehead atoms. The number of nitrogens with two attached hydrogens (primary N) is 1. The fourth-order valence-corrected chi connectivity index (χ4v) is 3.93. The molecule has 110 valence electrons. The van der Waals surface area contributed by atoms with Gasteiger partial charge in [-0.15, -0.1) is 0 Å². The molecule has 1 unspecified atom stereocenters. The van der Waals surface area contributed by atoms with Crippen LogP contribution in [0, 0.1) is 0 Å². The number of hydrogen-bond acceptors (Lipinski definition) is 3. The van der Waals surface area contributed by atoms with Crippen molar-refractivity contribution >= 4 is 0 Å². The van der Waals surface area contributed by atoms with Crippen molar-refractivity contribution in [1.29, 1.82) is 0 Å². The van der Waals surface area contributed by atoms with Crippen LogP contribution in [0.4, 0.5) is 0 Å². The van der Waals surface area contributed by atoms with E-state index in [1.54, 1.807) is 0 Å². The fraction of sp³-hybridized carbons (Fsp3) is 0.647. The highest BCUT2D eigenvalue weighted by Crippen LogP contribution is 2.39. The van der Waals surface area contributed by atoms with E-state index in [1.807, 2.05) is 0 Å². The van der Waals surface area contributed by atoms with Gasteiger partial charge in [0.25, 0.3) is 0 Å². The number of nitrogens with zero attached hydrogens (tertiary/aromatic N) is 2. The Kier molecular flexibility index (Phi) is 4.11. The van der Waals surface area contributed by atoms with Crippen molar-refractivity contribution in [2.24, 2.45) is 5.73 Å². The third-order valence-corrected chi connectivity index (χ3v) is 4.84. The average molecular weight is 273 g/mol. The first-order chi connectivity index (χ1) is 9.69. The maximum Gasteiger partial charge on any atom is 0.0480 e. The lowest BCUT2D eigenvalue weighted by molar-refractivity contribution is 0.152. The Balaban J connectivity index is 1.84. The Morgan fingerprint density at radius 2 is 2.00 bits per heavy atom. The molecule has 0 saturated heterocycles. The highest BCUT2D eigenvalue weighted by atomic mass is 15.2. The van der Waals surface area contributed by atoms with Crippen LogP contribution in [0.1, 0.15) is 48.4 Å². The zero-order chi connectivity index (χ0) is 14.1. The Bertz CT molecular complexity index is 463. The van der Waals surface area contributed by atoms with E-state index in [2.05, 4.69) is 42.1 Å². The summed E-state index contributed by atoms with van der Waals surface area (Å²) in [5.74, 6) is 0. The van der Waals surface area contributed by atoms with Gasteiger partial charge in [-0.3, -0.25) is 4.90 Å². The van der Waals surface area contributed by atoms with Gasteiger partial charge >= 0.3 is 0 Å². The second-order valence-electron chi connectivity index (χ2n) is 6.63. The standard InChI is InChI=1S/C17H27N3/c1-19(2)11-13-7-8-14-12-20(15-5-3-4-6-15)17(10-18)16(14)9-13/h7-9,15,17H,3-6,10-12,18H2,1-2H3. The Labute approximate surface area is 122 Å². The number of rotatable bonds is 4. The van der Waals surface area contributed by atoms with Crippen molar-refractivity contribution in [3.05, 3.63) is 34.9 Å². The lowest BCUT2D eigenvalue weighted by Crippen LogP contribution is -2.35. The molecule has 3 nitrogen and oxygen atoms in total. The summed E-state index contributed by atoms with van der Waals surface area (Å²) in [5, 5.41) is 0. The van der Waals surface area contributed by atoms with Crippen LogP contribution in [0.15, 0.2) is 18.2 Å². The highest BCUT2D eigenvalue weighted by Gasteiger charge is 2.35. The third-order valence-electron chi connectivity index (χ3n) is 4.84. The SMILES string of the molecule is CN(C)Cc1ccc2c(c1)C(CN)N(C1CCCC1)C2. The van der Waals surface area contributed by atoms with E-state index >= 15 is 0 Å². The van der Waals surface area contributed by atoms with Gasteiger partial charge in [0.1, 0.15) is 0 Å². The van der Waals surface area contributed by atoms with Gasteiger partial charge in [-0.05, 0) is 43.6 Å². The van der Waals surface area contributed by atoms with Gasteiger partial charge in [0.2, 0.25) is 0 Å². The molecule has 1 atom stereocenters. The second kappa shape index (κ2) is 5.84. The van der Waals surface area contributed by atoms with Crippen molar-refractivity contribution in [2.75, 3.05) is 20.6 Å². The molecular formula is C17H27N3. The quantitative estimate of drug-likeness (QED) is 0.915. The van der Waals surface area contributed by atoms with Crippen LogP contribution in [0.2, 0.25) is 0 Å². The lowest BCUT2D eigenvalue weighted by Gasteiger charge is -2.30. The van der Waals surface area contributed by atoms with E-state index < -0.39 is 0 Å². The van der Waals surface area contributed by atoms with Gasteiger partial charge in [-0.2, -0.15) is 0 Å². The van der Waals surface area contributed by atoms with Gasteiger partial charge in [0.05, 0.1) is 0 Å². The first kappa shape index (κ1) is 14.1. The van der Waals surface area contributed by atoms with Crippen LogP contribution >= 0.6 is 0 Å². The minimum atomic E-state index is 0.440. The molecule has 1 fully saturated rings. The van der Waals surface area contributed by atoms with Crippen LogP contribution in [0.3, 0.4) is 0 Å².